The molecule has 0 N–H and O–H groups in total. The van der Waals surface area contributed by atoms with Gasteiger partial charge in [-0.2, -0.15) is 0 Å². The highest BCUT2D eigenvalue weighted by Gasteiger charge is 2.29. The second-order valence-corrected chi connectivity index (χ2v) is 22.3. The van der Waals surface area contributed by atoms with Gasteiger partial charge in [0.05, 0.1) is 61.6 Å². The van der Waals surface area contributed by atoms with Crippen molar-refractivity contribution < 1.29 is 0 Å². The van der Waals surface area contributed by atoms with E-state index < -0.39 is 0 Å². The number of pyridine rings is 4. The number of hydrogen-bond donors (Lipinski definition) is 0. The van der Waals surface area contributed by atoms with Gasteiger partial charge in [0.2, 0.25) is 0 Å². The summed E-state index contributed by atoms with van der Waals surface area (Å²) >= 11 is 0. The van der Waals surface area contributed by atoms with Gasteiger partial charge < -0.3 is 13.7 Å². The summed E-state index contributed by atoms with van der Waals surface area (Å²) in [6.45, 7) is 22.4. The third-order valence-electron chi connectivity index (χ3n) is 15.3. The molecule has 13 aromatic rings. The summed E-state index contributed by atoms with van der Waals surface area (Å²) in [5, 5.41) is 2.38. The Bertz CT molecular complexity index is 4070. The number of benzene rings is 5. The number of rotatable bonds is 6. The maximum absolute atomic E-state index is 5.65. The summed E-state index contributed by atoms with van der Waals surface area (Å²) < 4.78 is 7.22. The lowest BCUT2D eigenvalue weighted by atomic mass is 9.85. The molecular formula is C66H57N9. The SMILES string of the molecule is Cc1cccc(C)c1-c1cc(-c2cc(-n3c4cccnc4c4ncccc43)c(-n3c4ccc(C(C)(C)C)cc4c4cc(C(C)(C)C)ccc43)c(-n3c4cccnc4c4ncccc43)c2)nc(-c2c(C)cccc2C)n1. The highest BCUT2D eigenvalue weighted by atomic mass is 15.1. The van der Waals surface area contributed by atoms with Crippen molar-refractivity contribution in [3.8, 4) is 51.0 Å². The van der Waals surface area contributed by atoms with E-state index in [2.05, 4.69) is 198 Å². The minimum absolute atomic E-state index is 0.0862. The van der Waals surface area contributed by atoms with Crippen LogP contribution in [0.4, 0.5) is 0 Å². The molecule has 0 radical (unpaired) electrons. The molecule has 0 aliphatic heterocycles. The van der Waals surface area contributed by atoms with Crippen LogP contribution in [0.1, 0.15) is 74.9 Å². The molecule has 0 aliphatic rings. The molecule has 8 heterocycles. The molecule has 0 saturated carbocycles. The van der Waals surface area contributed by atoms with Crippen molar-refractivity contribution in [1.29, 1.82) is 0 Å². The van der Waals surface area contributed by atoms with E-state index >= 15 is 0 Å². The van der Waals surface area contributed by atoms with Gasteiger partial charge in [0.1, 0.15) is 22.1 Å². The van der Waals surface area contributed by atoms with Crippen molar-refractivity contribution in [2.75, 3.05) is 0 Å². The summed E-state index contributed by atoms with van der Waals surface area (Å²) in [6, 6.07) is 50.6. The van der Waals surface area contributed by atoms with Gasteiger partial charge in [-0.3, -0.25) is 19.9 Å². The lowest BCUT2D eigenvalue weighted by Crippen LogP contribution is -2.12. The van der Waals surface area contributed by atoms with Crippen LogP contribution in [0.3, 0.4) is 0 Å². The first kappa shape index (κ1) is 46.0. The van der Waals surface area contributed by atoms with E-state index in [4.69, 9.17) is 29.9 Å². The van der Waals surface area contributed by atoms with Gasteiger partial charge in [-0.05, 0) is 163 Å². The molecule has 13 rings (SSSR count). The lowest BCUT2D eigenvalue weighted by Gasteiger charge is -2.24. The molecule has 0 fully saturated rings. The zero-order valence-electron chi connectivity index (χ0n) is 44.1. The van der Waals surface area contributed by atoms with E-state index in [-0.39, 0.29) is 10.8 Å². The monoisotopic (exact) mass is 975 g/mol. The molecule has 0 unspecified atom stereocenters. The van der Waals surface area contributed by atoms with Crippen molar-refractivity contribution in [3.63, 3.8) is 0 Å². The molecule has 0 aliphatic carbocycles. The molecule has 9 heteroatoms. The van der Waals surface area contributed by atoms with Gasteiger partial charge in [0.15, 0.2) is 5.82 Å². The molecule has 0 bridgehead atoms. The Balaban J connectivity index is 1.27. The molecule has 5 aromatic carbocycles. The third-order valence-corrected chi connectivity index (χ3v) is 15.3. The van der Waals surface area contributed by atoms with E-state index in [1.165, 1.54) is 21.9 Å². The van der Waals surface area contributed by atoms with Gasteiger partial charge in [-0.15, -0.1) is 0 Å². The summed E-state index contributed by atoms with van der Waals surface area (Å²) in [5.41, 5.74) is 23.6. The normalized spacial score (nSPS) is 12.4. The Morgan fingerprint density at radius 3 is 1.15 bits per heavy atom. The quantitative estimate of drug-likeness (QED) is 0.165. The molecule has 75 heavy (non-hydrogen) atoms. The predicted molar refractivity (Wildman–Crippen MR) is 309 cm³/mol. The average Bonchev–Trinajstić information content (AvgIpc) is 4.05. The smallest absolute Gasteiger partial charge is 0.160 e. The first-order chi connectivity index (χ1) is 36.1. The highest BCUT2D eigenvalue weighted by Crippen LogP contribution is 2.46. The fourth-order valence-electron chi connectivity index (χ4n) is 11.6. The molecule has 8 aromatic heterocycles. The molecule has 0 atom stereocenters. The first-order valence-electron chi connectivity index (χ1n) is 25.9. The zero-order valence-corrected chi connectivity index (χ0v) is 44.1. The number of aromatic nitrogens is 9. The fraction of sp³-hybridized carbons (Fsp3) is 0.182. The van der Waals surface area contributed by atoms with Gasteiger partial charge in [-0.1, -0.05) is 90.1 Å². The summed E-state index contributed by atoms with van der Waals surface area (Å²) in [7, 11) is 0. The minimum Gasteiger partial charge on any atom is -0.305 e. The van der Waals surface area contributed by atoms with Crippen LogP contribution in [0.5, 0.6) is 0 Å². The Labute approximate surface area is 436 Å². The van der Waals surface area contributed by atoms with Gasteiger partial charge >= 0.3 is 0 Å². The Hall–Kier alpha value is -8.82. The Kier molecular flexibility index (Phi) is 10.3. The van der Waals surface area contributed by atoms with E-state index in [1.54, 1.807) is 0 Å². The average molecular weight is 976 g/mol. The largest absolute Gasteiger partial charge is 0.305 e. The van der Waals surface area contributed by atoms with Crippen molar-refractivity contribution in [3.05, 3.63) is 198 Å². The van der Waals surface area contributed by atoms with E-state index in [0.29, 0.717) is 5.82 Å². The second-order valence-electron chi connectivity index (χ2n) is 22.3. The molecule has 366 valence electrons. The number of aryl methyl sites for hydroxylation is 4. The summed E-state index contributed by atoms with van der Waals surface area (Å²) in [4.78, 5) is 31.3. The van der Waals surface area contributed by atoms with Crippen molar-refractivity contribution in [1.82, 2.24) is 43.6 Å². The summed E-state index contributed by atoms with van der Waals surface area (Å²) in [5.74, 6) is 0.676. The van der Waals surface area contributed by atoms with Crippen LogP contribution in [-0.4, -0.2) is 43.6 Å². The van der Waals surface area contributed by atoms with Crippen LogP contribution in [0.25, 0.3) is 117 Å². The van der Waals surface area contributed by atoms with Crippen LogP contribution >= 0.6 is 0 Å². The maximum atomic E-state index is 5.65. The Morgan fingerprint density at radius 1 is 0.360 bits per heavy atom. The molecule has 0 amide bonds. The van der Waals surface area contributed by atoms with Gasteiger partial charge in [-0.25, -0.2) is 9.97 Å². The number of hydrogen-bond acceptors (Lipinski definition) is 6. The zero-order chi connectivity index (χ0) is 51.7. The topological polar surface area (TPSA) is 92.1 Å². The third kappa shape index (κ3) is 7.27. The van der Waals surface area contributed by atoms with Crippen molar-refractivity contribution >= 4 is 65.9 Å². The maximum Gasteiger partial charge on any atom is 0.160 e. The molecule has 9 nitrogen and oxygen atoms in total. The molecular weight excluding hydrogens is 919 g/mol. The number of nitrogens with zero attached hydrogens (tertiary/aromatic N) is 9. The van der Waals surface area contributed by atoms with Crippen LogP contribution < -0.4 is 0 Å². The van der Waals surface area contributed by atoms with Crippen molar-refractivity contribution in [2.45, 2.75) is 80.1 Å². The lowest BCUT2D eigenvalue weighted by molar-refractivity contribution is 0.590. The van der Waals surface area contributed by atoms with E-state index in [9.17, 15) is 0 Å². The molecule has 0 saturated heterocycles. The van der Waals surface area contributed by atoms with Gasteiger partial charge in [0, 0.05) is 52.3 Å². The standard InChI is InChI=1S/C66H57N9/c1-38-17-11-18-39(2)57(38)48-37-47(71-64(72-48)58-40(3)19-12-20-41(58)4)42-33-55(73-51-21-13-29-67-59(51)60-52(73)22-14-30-68-60)63(56(34-42)74-53-23-15-31-69-61(53)62-54(74)24-16-32-70-62)75-49-27-25-43(65(5,6)7)35-45(49)46-36-44(66(8,9)10)26-28-50(46)75/h11-37H,1-10H3. The van der Waals surface area contributed by atoms with Crippen LogP contribution in [-0.2, 0) is 10.8 Å². The van der Waals surface area contributed by atoms with Crippen molar-refractivity contribution in [2.24, 2.45) is 0 Å². The van der Waals surface area contributed by atoms with Gasteiger partial charge in [0.25, 0.3) is 0 Å². The van der Waals surface area contributed by atoms with Crippen LogP contribution in [0, 0.1) is 27.7 Å². The predicted octanol–water partition coefficient (Wildman–Crippen LogP) is 16.2. The fourth-order valence-corrected chi connectivity index (χ4v) is 11.6. The Morgan fingerprint density at radius 2 is 0.747 bits per heavy atom. The first-order valence-corrected chi connectivity index (χ1v) is 25.9. The molecule has 0 spiro atoms. The number of fused-ring (bicyclic) bond motifs is 9. The highest BCUT2D eigenvalue weighted by molar-refractivity contribution is 6.12. The minimum atomic E-state index is -0.0862. The van der Waals surface area contributed by atoms with E-state index in [1.807, 2.05) is 49.1 Å². The van der Waals surface area contributed by atoms with Crippen LogP contribution in [0.15, 0.2) is 164 Å². The van der Waals surface area contributed by atoms with E-state index in [0.717, 1.165) is 123 Å². The second kappa shape index (κ2) is 16.9. The van der Waals surface area contributed by atoms with Crippen LogP contribution in [0.2, 0.25) is 0 Å². The summed E-state index contributed by atoms with van der Waals surface area (Å²) in [6.07, 6.45) is 7.44.